The van der Waals surface area contributed by atoms with E-state index in [0.29, 0.717) is 6.61 Å². The van der Waals surface area contributed by atoms with Crippen molar-refractivity contribution in [2.45, 2.75) is 50.3 Å². The molecule has 0 aromatic carbocycles. The minimum Gasteiger partial charge on any atom is -0.463 e. The molecule has 29 heavy (non-hydrogen) atoms. The molecular formula is C19H22O10. The Morgan fingerprint density at radius 1 is 1.17 bits per heavy atom. The first-order valence-electron chi connectivity index (χ1n) is 9.53. The van der Waals surface area contributed by atoms with Crippen LogP contribution in [0.5, 0.6) is 0 Å². The molecule has 0 aliphatic carbocycles. The smallest absolute Gasteiger partial charge is 0.344 e. The first kappa shape index (κ1) is 19.8. The summed E-state index contributed by atoms with van der Waals surface area (Å²) in [5.41, 5.74) is 0.141. The molecule has 4 rings (SSSR count). The lowest BCUT2D eigenvalue weighted by atomic mass is 9.78. The van der Waals surface area contributed by atoms with Crippen LogP contribution < -0.4 is 0 Å². The van der Waals surface area contributed by atoms with Crippen molar-refractivity contribution in [2.75, 3.05) is 19.8 Å². The fourth-order valence-electron chi connectivity index (χ4n) is 4.22. The highest BCUT2D eigenvalue weighted by Crippen LogP contribution is 2.51. The summed E-state index contributed by atoms with van der Waals surface area (Å²) < 4.78 is 31.9. The third-order valence-corrected chi connectivity index (χ3v) is 5.55. The average molecular weight is 410 g/mol. The van der Waals surface area contributed by atoms with E-state index in [4.69, 9.17) is 28.4 Å². The number of hydrogen-bond acceptors (Lipinski definition) is 10. The van der Waals surface area contributed by atoms with Gasteiger partial charge < -0.3 is 28.4 Å². The van der Waals surface area contributed by atoms with Crippen molar-refractivity contribution in [3.8, 4) is 0 Å². The van der Waals surface area contributed by atoms with Crippen LogP contribution in [0.3, 0.4) is 0 Å². The van der Waals surface area contributed by atoms with Crippen LogP contribution in [0.2, 0.25) is 0 Å². The second-order valence-corrected chi connectivity index (χ2v) is 7.59. The maximum atomic E-state index is 12.7. The number of carbonyl (C=O) groups is 4. The van der Waals surface area contributed by atoms with Gasteiger partial charge in [0.2, 0.25) is 0 Å². The summed E-state index contributed by atoms with van der Waals surface area (Å²) in [6, 6.07) is 0. The molecule has 10 heteroatoms. The van der Waals surface area contributed by atoms with E-state index < -0.39 is 66.7 Å². The van der Waals surface area contributed by atoms with E-state index in [0.717, 1.165) is 12.8 Å². The molecular weight excluding hydrogens is 388 g/mol. The van der Waals surface area contributed by atoms with Gasteiger partial charge in [-0.1, -0.05) is 6.58 Å². The Kier molecular flexibility index (Phi) is 5.30. The van der Waals surface area contributed by atoms with Gasteiger partial charge in [-0.05, 0) is 19.8 Å². The average Bonchev–Trinajstić information content (AvgIpc) is 3.43. The van der Waals surface area contributed by atoms with Gasteiger partial charge in [0, 0.05) is 12.2 Å². The van der Waals surface area contributed by atoms with Crippen molar-refractivity contribution in [3.63, 3.8) is 0 Å². The van der Waals surface area contributed by atoms with Crippen molar-refractivity contribution >= 4 is 23.9 Å². The summed E-state index contributed by atoms with van der Waals surface area (Å²) in [7, 11) is 0. The van der Waals surface area contributed by atoms with Crippen LogP contribution in [0.4, 0.5) is 0 Å². The molecule has 4 aliphatic rings. The van der Waals surface area contributed by atoms with E-state index in [1.54, 1.807) is 0 Å². The van der Waals surface area contributed by atoms with Crippen LogP contribution in [0.15, 0.2) is 12.2 Å². The molecule has 7 unspecified atom stereocenters. The van der Waals surface area contributed by atoms with Gasteiger partial charge in [0.05, 0.1) is 6.10 Å². The third kappa shape index (κ3) is 3.62. The third-order valence-electron chi connectivity index (χ3n) is 5.55. The monoisotopic (exact) mass is 410 g/mol. The lowest BCUT2D eigenvalue weighted by Gasteiger charge is -2.27. The van der Waals surface area contributed by atoms with Crippen LogP contribution in [-0.2, 0) is 47.6 Å². The van der Waals surface area contributed by atoms with Crippen molar-refractivity contribution < 1.29 is 47.6 Å². The zero-order valence-electron chi connectivity index (χ0n) is 15.9. The van der Waals surface area contributed by atoms with E-state index in [-0.39, 0.29) is 18.3 Å². The Balaban J connectivity index is 1.39. The quantitative estimate of drug-likeness (QED) is 0.313. The van der Waals surface area contributed by atoms with E-state index in [1.165, 1.54) is 6.92 Å². The van der Waals surface area contributed by atoms with Gasteiger partial charge in [-0.3, -0.25) is 9.59 Å². The Bertz CT molecular complexity index is 739. The molecule has 4 saturated heterocycles. The minimum absolute atomic E-state index is 0.0965. The lowest BCUT2D eigenvalue weighted by molar-refractivity contribution is -0.170. The topological polar surface area (TPSA) is 124 Å². The normalized spacial score (nSPS) is 36.6. The van der Waals surface area contributed by atoms with Gasteiger partial charge in [0.15, 0.2) is 18.8 Å². The van der Waals surface area contributed by atoms with E-state index >= 15 is 0 Å². The molecule has 158 valence electrons. The Morgan fingerprint density at radius 3 is 2.66 bits per heavy atom. The zero-order valence-corrected chi connectivity index (χ0v) is 15.9. The van der Waals surface area contributed by atoms with Crippen molar-refractivity contribution in [1.82, 2.24) is 0 Å². The number of carbonyl (C=O) groups excluding carboxylic acids is 4. The largest absolute Gasteiger partial charge is 0.463 e. The van der Waals surface area contributed by atoms with Crippen LogP contribution in [0.25, 0.3) is 0 Å². The molecule has 4 heterocycles. The lowest BCUT2D eigenvalue weighted by Crippen LogP contribution is -2.48. The molecule has 0 radical (unpaired) electrons. The second-order valence-electron chi connectivity index (χ2n) is 7.59. The van der Waals surface area contributed by atoms with Gasteiger partial charge in [-0.2, -0.15) is 0 Å². The molecule has 0 saturated carbocycles. The summed E-state index contributed by atoms with van der Waals surface area (Å²) in [4.78, 5) is 48.4. The first-order valence-corrected chi connectivity index (χ1v) is 9.53. The Labute approximate surface area is 166 Å². The van der Waals surface area contributed by atoms with E-state index in [1.807, 2.05) is 0 Å². The van der Waals surface area contributed by atoms with E-state index in [2.05, 4.69) is 6.58 Å². The number of ether oxygens (including phenoxy) is 6. The molecule has 4 aliphatic heterocycles. The van der Waals surface area contributed by atoms with E-state index in [9.17, 15) is 19.2 Å². The predicted molar refractivity (Wildman–Crippen MR) is 91.1 cm³/mol. The van der Waals surface area contributed by atoms with Crippen molar-refractivity contribution in [2.24, 2.45) is 11.8 Å². The SMILES string of the molecule is C=C(C)C(=O)OCC(=O)OC1C2OC(=O)C3C2OC1C3C(=O)OCC1CCCO1. The summed E-state index contributed by atoms with van der Waals surface area (Å²) >= 11 is 0. The van der Waals surface area contributed by atoms with Crippen molar-refractivity contribution in [1.29, 1.82) is 0 Å². The van der Waals surface area contributed by atoms with Crippen LogP contribution in [-0.4, -0.2) is 74.2 Å². The standard InChI is InChI=1S/C19H22O10/c1-8(2)17(21)26-7-10(20)27-15-13-11(12-14(28-13)16(15)29-19(12)23)18(22)25-6-9-4-3-5-24-9/h9,11-16H,1,3-7H2,2H3. The molecule has 0 aromatic heterocycles. The molecule has 0 N–H and O–H groups in total. The maximum absolute atomic E-state index is 12.7. The molecule has 0 spiro atoms. The van der Waals surface area contributed by atoms with Gasteiger partial charge in [-0.15, -0.1) is 0 Å². The molecule has 0 amide bonds. The first-order chi connectivity index (χ1) is 13.9. The summed E-state index contributed by atoms with van der Waals surface area (Å²) in [6.45, 7) is 4.96. The van der Waals surface area contributed by atoms with Crippen LogP contribution in [0.1, 0.15) is 19.8 Å². The highest BCUT2D eigenvalue weighted by Gasteiger charge is 2.72. The highest BCUT2D eigenvalue weighted by molar-refractivity contribution is 5.89. The molecule has 10 nitrogen and oxygen atoms in total. The molecule has 4 fully saturated rings. The van der Waals surface area contributed by atoms with Crippen LogP contribution >= 0.6 is 0 Å². The number of rotatable bonds is 7. The number of fused-ring (bicyclic) bond motifs is 1. The number of esters is 4. The Hall–Kier alpha value is -2.46. The summed E-state index contributed by atoms with van der Waals surface area (Å²) in [6.07, 6.45) is -1.75. The van der Waals surface area contributed by atoms with Crippen LogP contribution in [0, 0.1) is 11.8 Å². The fraction of sp³-hybridized carbons (Fsp3) is 0.684. The van der Waals surface area contributed by atoms with Crippen molar-refractivity contribution in [3.05, 3.63) is 12.2 Å². The molecule has 2 bridgehead atoms. The molecule has 7 atom stereocenters. The molecule has 0 aromatic rings. The highest BCUT2D eigenvalue weighted by atomic mass is 16.7. The summed E-state index contributed by atoms with van der Waals surface area (Å²) in [5, 5.41) is 0. The minimum atomic E-state index is -0.973. The van der Waals surface area contributed by atoms with Gasteiger partial charge in [-0.25, -0.2) is 9.59 Å². The maximum Gasteiger partial charge on any atom is 0.344 e. The number of hydrogen-bond donors (Lipinski definition) is 0. The fourth-order valence-corrected chi connectivity index (χ4v) is 4.22. The predicted octanol–water partition coefficient (Wildman–Crippen LogP) is -0.321. The summed E-state index contributed by atoms with van der Waals surface area (Å²) in [5.74, 6) is -4.46. The zero-order chi connectivity index (χ0) is 20.7. The van der Waals surface area contributed by atoms with Gasteiger partial charge in [0.1, 0.15) is 30.7 Å². The van der Waals surface area contributed by atoms with Gasteiger partial charge in [0.25, 0.3) is 0 Å². The Morgan fingerprint density at radius 2 is 1.97 bits per heavy atom. The van der Waals surface area contributed by atoms with Gasteiger partial charge >= 0.3 is 23.9 Å². The second kappa shape index (κ2) is 7.75.